The van der Waals surface area contributed by atoms with Crippen molar-refractivity contribution in [3.8, 4) is 61.3 Å². The van der Waals surface area contributed by atoms with Gasteiger partial charge in [0.1, 0.15) is 11.2 Å². The standard InChI is InChI=1S/C70H49NO2/c1-3-55(47-20-12-6-13-21-47)56-31-26-48(45-16-8-4-9-17-45)39-62(56)61-38-50(25-24-44(61)2)52-27-32-57-59-34-35-60-58-33-28-53(43-68(58)73-70(60)69(59)72-67(57)42-52)51-30-37-66-64(41-51)63-40-49(46-18-10-5-11-19-46)29-36-65(63)71(66)54-22-14-7-15-23-54/h4-43,55H,3H2,1-2H3. The number of para-hydroxylation sites is 1. The molecule has 3 heterocycles. The van der Waals surface area contributed by atoms with Crippen molar-refractivity contribution >= 4 is 65.7 Å². The van der Waals surface area contributed by atoms with Crippen LogP contribution in [0.1, 0.15) is 36.0 Å². The number of aromatic nitrogens is 1. The summed E-state index contributed by atoms with van der Waals surface area (Å²) in [6.45, 7) is 4.53. The molecule has 0 aliphatic heterocycles. The van der Waals surface area contributed by atoms with E-state index in [1.54, 1.807) is 0 Å². The Bertz CT molecular complexity index is 4410. The van der Waals surface area contributed by atoms with Gasteiger partial charge in [-0.3, -0.25) is 0 Å². The molecule has 0 saturated carbocycles. The lowest BCUT2D eigenvalue weighted by atomic mass is 9.81. The molecule has 73 heavy (non-hydrogen) atoms. The second-order valence-electron chi connectivity index (χ2n) is 19.5. The van der Waals surface area contributed by atoms with Crippen LogP contribution in [0.2, 0.25) is 0 Å². The minimum absolute atomic E-state index is 0.260. The van der Waals surface area contributed by atoms with Gasteiger partial charge in [-0.1, -0.05) is 165 Å². The molecule has 1 unspecified atom stereocenters. The highest BCUT2D eigenvalue weighted by atomic mass is 16.4. The van der Waals surface area contributed by atoms with Gasteiger partial charge in [-0.05, 0) is 171 Å². The van der Waals surface area contributed by atoms with Crippen LogP contribution < -0.4 is 0 Å². The third-order valence-electron chi connectivity index (χ3n) is 15.3. The van der Waals surface area contributed by atoms with Crippen molar-refractivity contribution in [3.63, 3.8) is 0 Å². The highest BCUT2D eigenvalue weighted by Crippen LogP contribution is 2.44. The molecule has 0 saturated heterocycles. The van der Waals surface area contributed by atoms with Gasteiger partial charge in [0.25, 0.3) is 0 Å². The van der Waals surface area contributed by atoms with Crippen LogP contribution in [0.5, 0.6) is 0 Å². The largest absolute Gasteiger partial charge is 0.452 e. The van der Waals surface area contributed by atoms with E-state index in [0.717, 1.165) is 78.2 Å². The van der Waals surface area contributed by atoms with E-state index < -0.39 is 0 Å². The Morgan fingerprint density at radius 3 is 1.34 bits per heavy atom. The van der Waals surface area contributed by atoms with Crippen molar-refractivity contribution in [2.75, 3.05) is 0 Å². The molecule has 0 aliphatic carbocycles. The fraction of sp³-hybridized carbons (Fsp3) is 0.0571. The van der Waals surface area contributed by atoms with E-state index in [9.17, 15) is 0 Å². The Morgan fingerprint density at radius 1 is 0.356 bits per heavy atom. The van der Waals surface area contributed by atoms with Crippen molar-refractivity contribution in [2.45, 2.75) is 26.2 Å². The van der Waals surface area contributed by atoms with Gasteiger partial charge in [0, 0.05) is 43.9 Å². The summed E-state index contributed by atoms with van der Waals surface area (Å²) in [5.41, 5.74) is 22.4. The van der Waals surface area contributed by atoms with Crippen molar-refractivity contribution in [1.82, 2.24) is 4.57 Å². The van der Waals surface area contributed by atoms with Crippen molar-refractivity contribution in [1.29, 1.82) is 0 Å². The first-order chi connectivity index (χ1) is 36.0. The van der Waals surface area contributed by atoms with Crippen LogP contribution >= 0.6 is 0 Å². The lowest BCUT2D eigenvalue weighted by molar-refractivity contribution is 0.633. The van der Waals surface area contributed by atoms with Crippen molar-refractivity contribution < 1.29 is 8.83 Å². The Labute approximate surface area is 423 Å². The fourth-order valence-corrected chi connectivity index (χ4v) is 11.6. The van der Waals surface area contributed by atoms with Crippen LogP contribution in [0.4, 0.5) is 0 Å². The predicted octanol–water partition coefficient (Wildman–Crippen LogP) is 19.8. The molecule has 0 N–H and O–H groups in total. The van der Waals surface area contributed by atoms with Gasteiger partial charge in [0.15, 0.2) is 11.2 Å². The van der Waals surface area contributed by atoms with E-state index in [1.807, 2.05) is 0 Å². The minimum atomic E-state index is 0.260. The molecular weight excluding hydrogens is 887 g/mol. The molecule has 0 bridgehead atoms. The Kier molecular flexibility index (Phi) is 10.1. The van der Waals surface area contributed by atoms with Crippen LogP contribution in [0.15, 0.2) is 251 Å². The third-order valence-corrected chi connectivity index (χ3v) is 15.3. The average Bonchev–Trinajstić information content (AvgIpc) is 4.13. The zero-order valence-electron chi connectivity index (χ0n) is 40.6. The van der Waals surface area contributed by atoms with Crippen LogP contribution in [0.3, 0.4) is 0 Å². The molecule has 0 spiro atoms. The van der Waals surface area contributed by atoms with E-state index in [0.29, 0.717) is 0 Å². The smallest absolute Gasteiger partial charge is 0.178 e. The first kappa shape index (κ1) is 42.7. The number of furan rings is 2. The lowest BCUT2D eigenvalue weighted by Gasteiger charge is -2.22. The molecule has 0 aliphatic rings. The molecule has 14 rings (SSSR count). The summed E-state index contributed by atoms with van der Waals surface area (Å²) < 4.78 is 16.1. The first-order valence-electron chi connectivity index (χ1n) is 25.4. The summed E-state index contributed by atoms with van der Waals surface area (Å²) in [7, 11) is 0. The van der Waals surface area contributed by atoms with Gasteiger partial charge in [-0.2, -0.15) is 0 Å². The van der Waals surface area contributed by atoms with Crippen molar-refractivity contribution in [3.05, 3.63) is 259 Å². The number of fused-ring (bicyclic) bond motifs is 10. The van der Waals surface area contributed by atoms with E-state index in [1.165, 1.54) is 71.9 Å². The fourth-order valence-electron chi connectivity index (χ4n) is 11.6. The minimum Gasteiger partial charge on any atom is -0.452 e. The summed E-state index contributed by atoms with van der Waals surface area (Å²) in [5.74, 6) is 0.260. The summed E-state index contributed by atoms with van der Waals surface area (Å²) in [6, 6.07) is 88.2. The quantitative estimate of drug-likeness (QED) is 0.144. The SMILES string of the molecule is CCC(c1ccccc1)c1ccc(-c2ccccc2)cc1-c1cc(-c2ccc3c(c2)oc2c3ccc3c4ccc(-c5ccc6c(c5)c5cc(-c7ccccc7)ccc5n6-c5ccccc5)cc4oc32)ccc1C. The van der Waals surface area contributed by atoms with Gasteiger partial charge in [-0.15, -0.1) is 0 Å². The van der Waals surface area contributed by atoms with Crippen LogP contribution in [-0.2, 0) is 0 Å². The van der Waals surface area contributed by atoms with Gasteiger partial charge >= 0.3 is 0 Å². The number of rotatable bonds is 9. The topological polar surface area (TPSA) is 31.2 Å². The lowest BCUT2D eigenvalue weighted by Crippen LogP contribution is -2.03. The van der Waals surface area contributed by atoms with Gasteiger partial charge in [0.05, 0.1) is 11.0 Å². The zero-order valence-corrected chi connectivity index (χ0v) is 40.6. The Hall–Kier alpha value is -9.18. The highest BCUT2D eigenvalue weighted by molar-refractivity contribution is 6.19. The second kappa shape index (κ2) is 17.3. The van der Waals surface area contributed by atoms with E-state index in [4.69, 9.17) is 8.83 Å². The summed E-state index contributed by atoms with van der Waals surface area (Å²) in [5, 5.41) is 6.65. The second-order valence-corrected chi connectivity index (χ2v) is 19.5. The van der Waals surface area contributed by atoms with Crippen LogP contribution in [-0.4, -0.2) is 4.57 Å². The monoisotopic (exact) mass is 935 g/mol. The molecule has 11 aromatic carbocycles. The zero-order chi connectivity index (χ0) is 48.6. The molecular formula is C70H49NO2. The normalized spacial score (nSPS) is 12.2. The molecule has 14 aromatic rings. The first-order valence-corrected chi connectivity index (χ1v) is 25.4. The molecule has 346 valence electrons. The maximum atomic E-state index is 6.86. The van der Waals surface area contributed by atoms with Gasteiger partial charge < -0.3 is 13.4 Å². The van der Waals surface area contributed by atoms with Crippen LogP contribution in [0, 0.1) is 6.92 Å². The summed E-state index contributed by atoms with van der Waals surface area (Å²) >= 11 is 0. The number of hydrogen-bond donors (Lipinski definition) is 0. The van der Waals surface area contributed by atoms with Crippen molar-refractivity contribution in [2.24, 2.45) is 0 Å². The average molecular weight is 936 g/mol. The number of aryl methyl sites for hydroxylation is 1. The predicted molar refractivity (Wildman–Crippen MR) is 306 cm³/mol. The molecule has 0 radical (unpaired) electrons. The molecule has 1 atom stereocenters. The molecule has 3 aromatic heterocycles. The van der Waals surface area contributed by atoms with E-state index >= 15 is 0 Å². The molecule has 3 heteroatoms. The maximum absolute atomic E-state index is 6.86. The van der Waals surface area contributed by atoms with E-state index in [2.05, 4.69) is 261 Å². The Balaban J connectivity index is 0.851. The molecule has 0 amide bonds. The third kappa shape index (κ3) is 7.19. The number of benzene rings is 11. The summed E-state index contributed by atoms with van der Waals surface area (Å²) in [6.07, 6.45) is 0.998. The Morgan fingerprint density at radius 2 is 0.781 bits per heavy atom. The highest BCUT2D eigenvalue weighted by Gasteiger charge is 2.22. The molecule has 0 fully saturated rings. The molecule has 3 nitrogen and oxygen atoms in total. The van der Waals surface area contributed by atoms with Gasteiger partial charge in [-0.25, -0.2) is 0 Å². The summed E-state index contributed by atoms with van der Waals surface area (Å²) in [4.78, 5) is 0. The van der Waals surface area contributed by atoms with E-state index in [-0.39, 0.29) is 5.92 Å². The number of hydrogen-bond acceptors (Lipinski definition) is 2. The number of nitrogens with zero attached hydrogens (tertiary/aromatic N) is 1. The van der Waals surface area contributed by atoms with Crippen LogP contribution in [0.25, 0.3) is 127 Å². The van der Waals surface area contributed by atoms with Gasteiger partial charge in [0.2, 0.25) is 0 Å². The maximum Gasteiger partial charge on any atom is 0.178 e.